The molecule has 0 saturated carbocycles. The lowest BCUT2D eigenvalue weighted by Crippen LogP contribution is -2.55. The highest BCUT2D eigenvalue weighted by molar-refractivity contribution is 7.17. The Morgan fingerprint density at radius 1 is 1.50 bits per heavy atom. The second-order valence-electron chi connectivity index (χ2n) is 5.57. The monoisotopic (exact) mass is 350 g/mol. The lowest BCUT2D eigenvalue weighted by molar-refractivity contribution is -0.116. The van der Waals surface area contributed by atoms with Crippen molar-refractivity contribution in [3.8, 4) is 0 Å². The van der Waals surface area contributed by atoms with Crippen LogP contribution in [0, 0.1) is 0 Å². The third-order valence-electron chi connectivity index (χ3n) is 4.06. The summed E-state index contributed by atoms with van der Waals surface area (Å²) in [7, 11) is 1.60. The van der Waals surface area contributed by atoms with Gasteiger partial charge in [0.15, 0.2) is 5.13 Å². The van der Waals surface area contributed by atoms with Gasteiger partial charge in [0.05, 0.1) is 18.3 Å². The van der Waals surface area contributed by atoms with E-state index < -0.39 is 5.97 Å². The van der Waals surface area contributed by atoms with Crippen LogP contribution in [0.1, 0.15) is 22.5 Å². The molecule has 128 valence electrons. The Hall–Kier alpha value is -2.26. The van der Waals surface area contributed by atoms with E-state index in [1.807, 2.05) is 11.0 Å². The highest BCUT2D eigenvalue weighted by atomic mass is 32.1. The number of carbonyl (C=O) groups is 2. The molecular weight excluding hydrogens is 332 g/mol. The quantitative estimate of drug-likeness (QED) is 0.818. The number of piperidine rings is 1. The maximum Gasteiger partial charge on any atom is 0.347 e. The fourth-order valence-electron chi connectivity index (χ4n) is 2.77. The zero-order valence-corrected chi connectivity index (χ0v) is 14.0. The molecule has 1 saturated heterocycles. The van der Waals surface area contributed by atoms with E-state index in [2.05, 4.69) is 15.3 Å². The summed E-state index contributed by atoms with van der Waals surface area (Å²) >= 11 is 1.14. The summed E-state index contributed by atoms with van der Waals surface area (Å²) in [6.07, 6.45) is 5.88. The first-order chi connectivity index (χ1) is 11.6. The molecule has 2 N–H and O–H groups in total. The van der Waals surface area contributed by atoms with Crippen LogP contribution in [-0.2, 0) is 9.53 Å². The van der Waals surface area contributed by atoms with E-state index in [9.17, 15) is 9.59 Å². The molecule has 0 aliphatic carbocycles. The molecule has 2 atom stereocenters. The maximum atomic E-state index is 12.2. The minimum Gasteiger partial charge on any atom is -0.477 e. The number of aromatic carboxylic acids is 1. The molecule has 2 aliphatic rings. The van der Waals surface area contributed by atoms with E-state index in [4.69, 9.17) is 9.84 Å². The third kappa shape index (κ3) is 3.46. The van der Waals surface area contributed by atoms with E-state index >= 15 is 0 Å². The van der Waals surface area contributed by atoms with Gasteiger partial charge in [-0.3, -0.25) is 9.79 Å². The highest BCUT2D eigenvalue weighted by Crippen LogP contribution is 2.26. The van der Waals surface area contributed by atoms with Gasteiger partial charge in [-0.25, -0.2) is 9.78 Å². The van der Waals surface area contributed by atoms with Gasteiger partial charge < -0.3 is 20.1 Å². The van der Waals surface area contributed by atoms with Gasteiger partial charge in [0, 0.05) is 32.8 Å². The van der Waals surface area contributed by atoms with Gasteiger partial charge in [-0.2, -0.15) is 0 Å². The molecule has 0 radical (unpaired) electrons. The molecule has 2 aliphatic heterocycles. The molecule has 9 heteroatoms. The number of hydrogen-bond donors (Lipinski definition) is 2. The summed E-state index contributed by atoms with van der Waals surface area (Å²) in [4.78, 5) is 33.6. The van der Waals surface area contributed by atoms with Crippen molar-refractivity contribution in [3.05, 3.63) is 23.3 Å². The fourth-order valence-corrected chi connectivity index (χ4v) is 3.56. The fraction of sp³-hybridized carbons (Fsp3) is 0.467. The van der Waals surface area contributed by atoms with Crippen molar-refractivity contribution >= 4 is 34.1 Å². The number of nitrogens with zero attached hydrogens (tertiary/aromatic N) is 3. The van der Waals surface area contributed by atoms with Crippen LogP contribution in [0.2, 0.25) is 0 Å². The van der Waals surface area contributed by atoms with E-state index in [1.54, 1.807) is 13.3 Å². The van der Waals surface area contributed by atoms with Gasteiger partial charge in [0.1, 0.15) is 10.6 Å². The van der Waals surface area contributed by atoms with Crippen LogP contribution in [0.5, 0.6) is 0 Å². The van der Waals surface area contributed by atoms with Crippen LogP contribution in [0.3, 0.4) is 0 Å². The number of ether oxygens (including phenoxy) is 1. The topological polar surface area (TPSA) is 104 Å². The third-order valence-corrected chi connectivity index (χ3v) is 5.11. The molecule has 1 amide bonds. The lowest BCUT2D eigenvalue weighted by Gasteiger charge is -2.37. The molecular formula is C15H18N4O4S. The number of nitrogens with one attached hydrogen (secondary N) is 1. The Labute approximate surface area is 142 Å². The van der Waals surface area contributed by atoms with E-state index in [0.29, 0.717) is 36.8 Å². The summed E-state index contributed by atoms with van der Waals surface area (Å²) in [5, 5.41) is 12.6. The van der Waals surface area contributed by atoms with Crippen LogP contribution in [0.15, 0.2) is 23.5 Å². The lowest BCUT2D eigenvalue weighted by atomic mass is 10.0. The summed E-state index contributed by atoms with van der Waals surface area (Å²) in [5.74, 6) is -1.14. The molecule has 0 bridgehead atoms. The number of allylic oxidation sites excluding steroid dienone is 1. The number of carbonyl (C=O) groups excluding carboxylic acids is 1. The maximum absolute atomic E-state index is 12.2. The average Bonchev–Trinajstić information content (AvgIpc) is 3.26. The number of carboxylic acids is 1. The van der Waals surface area contributed by atoms with Crippen molar-refractivity contribution in [3.63, 3.8) is 0 Å². The molecule has 0 aromatic carbocycles. The molecule has 1 aromatic heterocycles. The van der Waals surface area contributed by atoms with Crippen molar-refractivity contribution in [2.24, 2.45) is 4.99 Å². The largest absolute Gasteiger partial charge is 0.477 e. The molecule has 1 fully saturated rings. The van der Waals surface area contributed by atoms with Gasteiger partial charge in [-0.05, 0) is 6.42 Å². The van der Waals surface area contributed by atoms with Crippen LogP contribution in [0.25, 0.3) is 0 Å². The van der Waals surface area contributed by atoms with Gasteiger partial charge in [-0.15, -0.1) is 0 Å². The van der Waals surface area contributed by atoms with E-state index in [0.717, 1.165) is 11.3 Å². The number of thiazole rings is 1. The Kier molecular flexibility index (Phi) is 4.91. The average molecular weight is 350 g/mol. The Morgan fingerprint density at radius 3 is 2.96 bits per heavy atom. The number of amides is 1. The zero-order valence-electron chi connectivity index (χ0n) is 13.1. The standard InChI is InChI=1S/C15H18N4O4S/c1-23-11-8-19(15-17-7-12(24-15)14(21)22)6-4-9(11)18-13(20)10-3-2-5-16-10/h2,5,7,9,11H,3-4,6,8H2,1H3,(H,18,20)(H,21,22)/t9-,11+/m1/s1. The zero-order chi connectivity index (χ0) is 17.1. The van der Waals surface area contributed by atoms with Crippen molar-refractivity contribution in [1.29, 1.82) is 0 Å². The number of carboxylic acid groups (broad SMARTS) is 1. The molecule has 8 nitrogen and oxygen atoms in total. The van der Waals surface area contributed by atoms with Crippen molar-refractivity contribution in [1.82, 2.24) is 10.3 Å². The van der Waals surface area contributed by atoms with Crippen molar-refractivity contribution in [2.45, 2.75) is 25.0 Å². The number of rotatable bonds is 5. The number of anilines is 1. The smallest absolute Gasteiger partial charge is 0.347 e. The van der Waals surface area contributed by atoms with Gasteiger partial charge in [-0.1, -0.05) is 17.4 Å². The van der Waals surface area contributed by atoms with Crippen LogP contribution < -0.4 is 10.2 Å². The first-order valence-corrected chi connectivity index (χ1v) is 8.39. The molecule has 0 unspecified atom stereocenters. The summed E-state index contributed by atoms with van der Waals surface area (Å²) in [6.45, 7) is 1.21. The number of aliphatic imine (C=N–C) groups is 1. The summed E-state index contributed by atoms with van der Waals surface area (Å²) in [6, 6.07) is -0.110. The Morgan fingerprint density at radius 2 is 2.33 bits per heavy atom. The van der Waals surface area contributed by atoms with Gasteiger partial charge in [0.2, 0.25) is 0 Å². The first-order valence-electron chi connectivity index (χ1n) is 7.58. The molecule has 3 rings (SSSR count). The van der Waals surface area contributed by atoms with Crippen LogP contribution in [0.4, 0.5) is 5.13 Å². The number of hydrogen-bond acceptors (Lipinski definition) is 7. The van der Waals surface area contributed by atoms with Crippen LogP contribution in [-0.4, -0.2) is 60.0 Å². The van der Waals surface area contributed by atoms with Crippen molar-refractivity contribution < 1.29 is 19.4 Å². The summed E-state index contributed by atoms with van der Waals surface area (Å²) in [5.41, 5.74) is 0.512. The SMILES string of the molecule is CO[C@H]1CN(c2ncc(C(=O)O)s2)CC[C@H]1NC(=O)C1=NC=CC1. The molecule has 0 spiro atoms. The van der Waals surface area contributed by atoms with E-state index in [-0.39, 0.29) is 22.9 Å². The van der Waals surface area contributed by atoms with Crippen LogP contribution >= 0.6 is 11.3 Å². The van der Waals surface area contributed by atoms with Gasteiger partial charge >= 0.3 is 5.97 Å². The predicted molar refractivity (Wildman–Crippen MR) is 89.8 cm³/mol. The minimum atomic E-state index is -0.977. The first kappa shape index (κ1) is 16.6. The molecule has 1 aromatic rings. The Bertz CT molecular complexity index is 699. The van der Waals surface area contributed by atoms with Crippen molar-refractivity contribution in [2.75, 3.05) is 25.1 Å². The molecule has 3 heterocycles. The molecule has 24 heavy (non-hydrogen) atoms. The predicted octanol–water partition coefficient (Wildman–Crippen LogP) is 0.910. The minimum absolute atomic E-state index is 0.110. The van der Waals surface area contributed by atoms with Gasteiger partial charge in [0.25, 0.3) is 5.91 Å². The number of aromatic nitrogens is 1. The summed E-state index contributed by atoms with van der Waals surface area (Å²) < 4.78 is 5.52. The number of methoxy groups -OCH3 is 1. The Balaban J connectivity index is 1.62. The normalized spacial score (nSPS) is 23.2. The second-order valence-corrected chi connectivity index (χ2v) is 6.57. The second kappa shape index (κ2) is 7.10. The van der Waals surface area contributed by atoms with E-state index in [1.165, 1.54) is 6.20 Å². The highest BCUT2D eigenvalue weighted by Gasteiger charge is 2.32.